The molecule has 0 unspecified atom stereocenters. The van der Waals surface area contributed by atoms with E-state index in [2.05, 4.69) is 0 Å². The van der Waals surface area contributed by atoms with Crippen LogP contribution in [-0.4, -0.2) is 57.4 Å². The van der Waals surface area contributed by atoms with E-state index in [9.17, 15) is 16.8 Å². The summed E-state index contributed by atoms with van der Waals surface area (Å²) in [6.45, 7) is 0.683. The summed E-state index contributed by atoms with van der Waals surface area (Å²) in [5.74, 6) is 0.499. The van der Waals surface area contributed by atoms with E-state index in [1.165, 1.54) is 4.31 Å². The molecule has 17 heavy (non-hydrogen) atoms. The fourth-order valence-electron chi connectivity index (χ4n) is 1.89. The van der Waals surface area contributed by atoms with Gasteiger partial charge in [0.1, 0.15) is 0 Å². The number of piperazine rings is 1. The highest BCUT2D eigenvalue weighted by atomic mass is 32.2. The van der Waals surface area contributed by atoms with E-state index in [-0.39, 0.29) is 31.9 Å². The van der Waals surface area contributed by atoms with Crippen LogP contribution < -0.4 is 5.14 Å². The van der Waals surface area contributed by atoms with E-state index in [0.717, 1.165) is 17.1 Å². The maximum absolute atomic E-state index is 11.9. The zero-order chi connectivity index (χ0) is 12.7. The van der Waals surface area contributed by atoms with Gasteiger partial charge in [-0.1, -0.05) is 0 Å². The second kappa shape index (κ2) is 4.47. The molecular formula is C8H17N3O4S2. The third kappa shape index (κ3) is 3.38. The van der Waals surface area contributed by atoms with Gasteiger partial charge in [0, 0.05) is 26.2 Å². The molecule has 0 spiro atoms. The second-order valence-electron chi connectivity index (χ2n) is 4.56. The Balaban J connectivity index is 1.94. The Bertz CT molecular complexity index is 475. The maximum Gasteiger partial charge on any atom is 0.276 e. The zero-order valence-corrected chi connectivity index (χ0v) is 11.1. The van der Waals surface area contributed by atoms with E-state index in [1.54, 1.807) is 0 Å². The van der Waals surface area contributed by atoms with Crippen LogP contribution >= 0.6 is 0 Å². The number of nitrogens with two attached hydrogens (primary N) is 1. The molecule has 0 aromatic rings. The van der Waals surface area contributed by atoms with Gasteiger partial charge in [0.15, 0.2) is 0 Å². The first kappa shape index (κ1) is 13.2. The third-order valence-electron chi connectivity index (χ3n) is 3.09. The van der Waals surface area contributed by atoms with E-state index < -0.39 is 20.2 Å². The van der Waals surface area contributed by atoms with Crippen LogP contribution in [0.15, 0.2) is 0 Å². The largest absolute Gasteiger partial charge is 0.276 e. The quantitative estimate of drug-likeness (QED) is 0.682. The molecule has 100 valence electrons. The molecule has 0 radical (unpaired) electrons. The van der Waals surface area contributed by atoms with Crippen LogP contribution in [0.2, 0.25) is 0 Å². The van der Waals surface area contributed by atoms with Crippen LogP contribution in [0.1, 0.15) is 12.8 Å². The Kier molecular flexibility index (Phi) is 3.47. The first-order valence-electron chi connectivity index (χ1n) is 5.55. The van der Waals surface area contributed by atoms with Gasteiger partial charge in [-0.25, -0.2) is 13.6 Å². The Morgan fingerprint density at radius 3 is 1.82 bits per heavy atom. The lowest BCUT2D eigenvalue weighted by Gasteiger charge is -2.32. The molecule has 0 aromatic carbocycles. The van der Waals surface area contributed by atoms with Crippen LogP contribution in [-0.2, 0) is 20.2 Å². The molecule has 7 nitrogen and oxygen atoms in total. The van der Waals surface area contributed by atoms with Gasteiger partial charge in [-0.05, 0) is 18.8 Å². The molecule has 2 N–H and O–H groups in total. The maximum atomic E-state index is 11.9. The van der Waals surface area contributed by atoms with Crippen molar-refractivity contribution in [3.8, 4) is 0 Å². The smallest absolute Gasteiger partial charge is 0.216 e. The van der Waals surface area contributed by atoms with E-state index in [1.807, 2.05) is 0 Å². The number of hydrogen-bond acceptors (Lipinski definition) is 4. The zero-order valence-electron chi connectivity index (χ0n) is 9.45. The summed E-state index contributed by atoms with van der Waals surface area (Å²) >= 11 is 0. The lowest BCUT2D eigenvalue weighted by Crippen LogP contribution is -2.52. The normalized spacial score (nSPS) is 25.0. The summed E-state index contributed by atoms with van der Waals surface area (Å²) in [4.78, 5) is 0. The van der Waals surface area contributed by atoms with Gasteiger partial charge in [0.25, 0.3) is 10.2 Å². The molecule has 0 amide bonds. The van der Waals surface area contributed by atoms with Crippen LogP contribution in [0.25, 0.3) is 0 Å². The Morgan fingerprint density at radius 1 is 0.941 bits per heavy atom. The number of sulfonamides is 1. The minimum Gasteiger partial charge on any atom is -0.216 e. The van der Waals surface area contributed by atoms with Gasteiger partial charge >= 0.3 is 0 Å². The number of hydrogen-bond donors (Lipinski definition) is 1. The monoisotopic (exact) mass is 283 g/mol. The van der Waals surface area contributed by atoms with Crippen molar-refractivity contribution in [1.82, 2.24) is 8.61 Å². The van der Waals surface area contributed by atoms with Gasteiger partial charge in [0.2, 0.25) is 10.0 Å². The van der Waals surface area contributed by atoms with Gasteiger partial charge in [-0.3, -0.25) is 0 Å². The third-order valence-corrected chi connectivity index (χ3v) is 6.22. The molecule has 2 aliphatic rings. The summed E-state index contributed by atoms with van der Waals surface area (Å²) in [6, 6.07) is 0. The average Bonchev–Trinajstić information content (AvgIpc) is 3.00. The summed E-state index contributed by atoms with van der Waals surface area (Å²) < 4.78 is 48.4. The predicted octanol–water partition coefficient (Wildman–Crippen LogP) is -1.45. The number of nitrogens with zero attached hydrogens (tertiary/aromatic N) is 2. The van der Waals surface area contributed by atoms with Crippen molar-refractivity contribution < 1.29 is 16.8 Å². The lowest BCUT2D eigenvalue weighted by atomic mass is 10.4. The molecule has 0 aromatic heterocycles. The molecule has 2 fully saturated rings. The molecule has 1 aliphatic carbocycles. The van der Waals surface area contributed by atoms with Crippen LogP contribution in [0.4, 0.5) is 0 Å². The highest BCUT2D eigenvalue weighted by Gasteiger charge is 2.34. The van der Waals surface area contributed by atoms with Crippen molar-refractivity contribution in [3.63, 3.8) is 0 Å². The molecule has 1 saturated carbocycles. The second-order valence-corrected chi connectivity index (χ2v) is 8.12. The molecule has 0 atom stereocenters. The highest BCUT2D eigenvalue weighted by Crippen LogP contribution is 2.31. The number of rotatable bonds is 4. The first-order chi connectivity index (χ1) is 7.79. The molecule has 2 rings (SSSR count). The van der Waals surface area contributed by atoms with Crippen molar-refractivity contribution in [3.05, 3.63) is 0 Å². The fourth-order valence-corrected chi connectivity index (χ4v) is 4.42. The van der Waals surface area contributed by atoms with E-state index in [0.29, 0.717) is 5.92 Å². The van der Waals surface area contributed by atoms with E-state index in [4.69, 9.17) is 5.14 Å². The van der Waals surface area contributed by atoms with Crippen LogP contribution in [0, 0.1) is 5.92 Å². The van der Waals surface area contributed by atoms with Gasteiger partial charge < -0.3 is 0 Å². The van der Waals surface area contributed by atoms with Gasteiger partial charge in [0.05, 0.1) is 5.75 Å². The highest BCUT2D eigenvalue weighted by molar-refractivity contribution is 7.89. The lowest BCUT2D eigenvalue weighted by molar-refractivity contribution is 0.272. The predicted molar refractivity (Wildman–Crippen MR) is 62.8 cm³/mol. The van der Waals surface area contributed by atoms with Crippen molar-refractivity contribution in [2.75, 3.05) is 31.9 Å². The molecule has 1 aliphatic heterocycles. The topological polar surface area (TPSA) is 101 Å². The van der Waals surface area contributed by atoms with Gasteiger partial charge in [-0.2, -0.15) is 17.0 Å². The van der Waals surface area contributed by atoms with Crippen molar-refractivity contribution in [1.29, 1.82) is 0 Å². The SMILES string of the molecule is NS(=O)(=O)N1CCN(S(=O)(=O)CC2CC2)CC1. The Morgan fingerprint density at radius 2 is 1.41 bits per heavy atom. The minimum absolute atomic E-state index is 0.142. The van der Waals surface area contributed by atoms with Crippen molar-refractivity contribution >= 4 is 20.2 Å². The summed E-state index contributed by atoms with van der Waals surface area (Å²) in [6.07, 6.45) is 1.97. The fraction of sp³-hybridized carbons (Fsp3) is 1.00. The summed E-state index contributed by atoms with van der Waals surface area (Å²) in [5, 5.41) is 4.99. The first-order valence-corrected chi connectivity index (χ1v) is 8.66. The summed E-state index contributed by atoms with van der Waals surface area (Å²) in [5.41, 5.74) is 0. The Labute approximate surface area is 102 Å². The molecule has 1 heterocycles. The van der Waals surface area contributed by atoms with E-state index >= 15 is 0 Å². The van der Waals surface area contributed by atoms with Gasteiger partial charge in [-0.15, -0.1) is 0 Å². The molecule has 1 saturated heterocycles. The minimum atomic E-state index is -3.69. The van der Waals surface area contributed by atoms with Crippen LogP contribution in [0.5, 0.6) is 0 Å². The van der Waals surface area contributed by atoms with Crippen molar-refractivity contribution in [2.24, 2.45) is 11.1 Å². The van der Waals surface area contributed by atoms with Crippen LogP contribution in [0.3, 0.4) is 0 Å². The summed E-state index contributed by atoms with van der Waals surface area (Å²) in [7, 11) is -6.91. The standard InChI is InChI=1S/C8H17N3O4S2/c9-17(14,15)11-5-3-10(4-6-11)16(12,13)7-8-1-2-8/h8H,1-7H2,(H2,9,14,15). The molecule has 0 bridgehead atoms. The Hall–Kier alpha value is -0.220. The average molecular weight is 283 g/mol. The molecular weight excluding hydrogens is 266 g/mol. The van der Waals surface area contributed by atoms with Crippen molar-refractivity contribution in [2.45, 2.75) is 12.8 Å². The molecule has 9 heteroatoms.